The minimum Gasteiger partial charge on any atom is -0.491 e. The molecule has 0 rings (SSSR count). The SMILES string of the molecule is C=CN=CC(=C)OCCN(C)C.CC. The molecule has 0 atom stereocenters. The van der Waals surface area contributed by atoms with Crippen LogP contribution in [0.15, 0.2) is 30.1 Å². The lowest BCUT2D eigenvalue weighted by atomic mass is 10.6. The van der Waals surface area contributed by atoms with Gasteiger partial charge in [0.15, 0.2) is 0 Å². The van der Waals surface area contributed by atoms with Crippen molar-refractivity contribution in [2.45, 2.75) is 13.8 Å². The molecule has 0 fully saturated rings. The van der Waals surface area contributed by atoms with E-state index in [4.69, 9.17) is 4.74 Å². The summed E-state index contributed by atoms with van der Waals surface area (Å²) in [5.41, 5.74) is 0. The van der Waals surface area contributed by atoms with Crippen LogP contribution < -0.4 is 0 Å². The van der Waals surface area contributed by atoms with Gasteiger partial charge in [0, 0.05) is 12.7 Å². The number of aliphatic imine (C=N–C) groups is 1. The van der Waals surface area contributed by atoms with Crippen molar-refractivity contribution in [1.82, 2.24) is 4.90 Å². The molecule has 0 amide bonds. The summed E-state index contributed by atoms with van der Waals surface area (Å²) in [7, 11) is 3.98. The molecule has 82 valence electrons. The highest BCUT2D eigenvalue weighted by atomic mass is 16.5. The van der Waals surface area contributed by atoms with Gasteiger partial charge in [0.05, 0.1) is 6.21 Å². The van der Waals surface area contributed by atoms with Gasteiger partial charge >= 0.3 is 0 Å². The Balaban J connectivity index is 0. The number of ether oxygens (including phenoxy) is 1. The lowest BCUT2D eigenvalue weighted by Crippen LogP contribution is -2.17. The van der Waals surface area contributed by atoms with Gasteiger partial charge in [-0.15, -0.1) is 0 Å². The molecule has 0 spiro atoms. The second kappa shape index (κ2) is 11.9. The van der Waals surface area contributed by atoms with Crippen molar-refractivity contribution in [3.63, 3.8) is 0 Å². The molecule has 0 aromatic heterocycles. The van der Waals surface area contributed by atoms with Crippen LogP contribution in [0.1, 0.15) is 13.8 Å². The summed E-state index contributed by atoms with van der Waals surface area (Å²) in [4.78, 5) is 5.81. The third-order valence-corrected chi connectivity index (χ3v) is 1.15. The minimum atomic E-state index is 0.566. The summed E-state index contributed by atoms with van der Waals surface area (Å²) >= 11 is 0. The predicted octanol–water partition coefficient (Wildman–Crippen LogP) is 2.32. The first-order valence-corrected chi connectivity index (χ1v) is 4.77. The van der Waals surface area contributed by atoms with E-state index < -0.39 is 0 Å². The Morgan fingerprint density at radius 1 is 1.43 bits per heavy atom. The average molecular weight is 198 g/mol. The van der Waals surface area contributed by atoms with Crippen LogP contribution in [0.3, 0.4) is 0 Å². The number of hydrogen-bond acceptors (Lipinski definition) is 3. The zero-order valence-corrected chi connectivity index (χ0v) is 9.79. The molecule has 0 N–H and O–H groups in total. The minimum absolute atomic E-state index is 0.566. The molecule has 0 bridgehead atoms. The fraction of sp³-hybridized carbons (Fsp3) is 0.545. The normalized spacial score (nSPS) is 9.50. The van der Waals surface area contributed by atoms with Crippen molar-refractivity contribution in [3.8, 4) is 0 Å². The third kappa shape index (κ3) is 13.5. The number of hydrogen-bond donors (Lipinski definition) is 0. The fourth-order valence-electron chi connectivity index (χ4n) is 0.532. The van der Waals surface area contributed by atoms with Crippen LogP contribution in [-0.2, 0) is 4.74 Å². The molecule has 3 heteroatoms. The van der Waals surface area contributed by atoms with Gasteiger partial charge in [-0.1, -0.05) is 27.0 Å². The van der Waals surface area contributed by atoms with Gasteiger partial charge in [0.25, 0.3) is 0 Å². The van der Waals surface area contributed by atoms with Crippen LogP contribution >= 0.6 is 0 Å². The average Bonchev–Trinajstić information content (AvgIpc) is 2.17. The molecule has 0 aliphatic carbocycles. The monoisotopic (exact) mass is 198 g/mol. The van der Waals surface area contributed by atoms with E-state index in [2.05, 4.69) is 18.2 Å². The predicted molar refractivity (Wildman–Crippen MR) is 63.7 cm³/mol. The van der Waals surface area contributed by atoms with Crippen molar-refractivity contribution < 1.29 is 4.74 Å². The summed E-state index contributed by atoms with van der Waals surface area (Å²) in [6.45, 7) is 12.6. The second-order valence-corrected chi connectivity index (χ2v) is 2.58. The van der Waals surface area contributed by atoms with Crippen molar-refractivity contribution >= 4 is 6.21 Å². The molecule has 0 aliphatic heterocycles. The number of likely N-dealkylation sites (N-methyl/N-ethyl adjacent to an activating group) is 1. The summed E-state index contributed by atoms with van der Waals surface area (Å²) < 4.78 is 5.22. The lowest BCUT2D eigenvalue weighted by molar-refractivity contribution is 0.200. The van der Waals surface area contributed by atoms with E-state index in [1.54, 1.807) is 6.21 Å². The van der Waals surface area contributed by atoms with Crippen LogP contribution in [0.4, 0.5) is 0 Å². The zero-order chi connectivity index (χ0) is 11.4. The van der Waals surface area contributed by atoms with Crippen LogP contribution in [-0.4, -0.2) is 38.4 Å². The first-order valence-electron chi connectivity index (χ1n) is 4.77. The van der Waals surface area contributed by atoms with E-state index in [1.165, 1.54) is 6.20 Å². The Bertz CT molecular complexity index is 174. The molecular weight excluding hydrogens is 176 g/mol. The highest BCUT2D eigenvalue weighted by Crippen LogP contribution is 1.89. The molecule has 3 nitrogen and oxygen atoms in total. The van der Waals surface area contributed by atoms with Gasteiger partial charge in [0.1, 0.15) is 12.4 Å². The van der Waals surface area contributed by atoms with Gasteiger partial charge in [-0.2, -0.15) is 0 Å². The van der Waals surface area contributed by atoms with Crippen molar-refractivity contribution in [1.29, 1.82) is 0 Å². The smallest absolute Gasteiger partial charge is 0.130 e. The summed E-state index contributed by atoms with van der Waals surface area (Å²) in [5, 5.41) is 0. The quantitative estimate of drug-likeness (QED) is 0.483. The van der Waals surface area contributed by atoms with E-state index in [9.17, 15) is 0 Å². The first kappa shape index (κ1) is 15.4. The van der Waals surface area contributed by atoms with E-state index in [0.29, 0.717) is 12.4 Å². The van der Waals surface area contributed by atoms with Gasteiger partial charge in [-0.25, -0.2) is 0 Å². The standard InChI is InChI=1S/C9H16N2O.C2H6/c1-5-10-8-9(2)12-7-6-11(3)4;1-2/h5,8H,1-2,6-7H2,3-4H3;1-2H3. The first-order chi connectivity index (χ1) is 6.66. The van der Waals surface area contributed by atoms with E-state index in [0.717, 1.165) is 6.54 Å². The lowest BCUT2D eigenvalue weighted by Gasteiger charge is -2.09. The number of rotatable bonds is 6. The number of nitrogens with zero attached hydrogens (tertiary/aromatic N) is 2. The van der Waals surface area contributed by atoms with Crippen LogP contribution in [0.25, 0.3) is 0 Å². The van der Waals surface area contributed by atoms with Crippen LogP contribution in [0.5, 0.6) is 0 Å². The Morgan fingerprint density at radius 2 is 2.00 bits per heavy atom. The topological polar surface area (TPSA) is 24.8 Å². The zero-order valence-electron chi connectivity index (χ0n) is 9.79. The maximum atomic E-state index is 5.22. The fourth-order valence-corrected chi connectivity index (χ4v) is 0.532. The third-order valence-electron chi connectivity index (χ3n) is 1.15. The molecule has 0 radical (unpaired) electrons. The van der Waals surface area contributed by atoms with E-state index >= 15 is 0 Å². The molecule has 0 aromatic carbocycles. The molecule has 0 saturated heterocycles. The Morgan fingerprint density at radius 3 is 2.43 bits per heavy atom. The molecule has 0 saturated carbocycles. The van der Waals surface area contributed by atoms with Crippen LogP contribution in [0, 0.1) is 0 Å². The maximum Gasteiger partial charge on any atom is 0.130 e. The van der Waals surface area contributed by atoms with Gasteiger partial charge in [-0.05, 0) is 14.1 Å². The van der Waals surface area contributed by atoms with Crippen LogP contribution in [0.2, 0.25) is 0 Å². The molecule has 14 heavy (non-hydrogen) atoms. The Hall–Kier alpha value is -1.09. The largest absolute Gasteiger partial charge is 0.491 e. The van der Waals surface area contributed by atoms with Gasteiger partial charge in [-0.3, -0.25) is 4.99 Å². The molecular formula is C11H22N2O. The maximum absolute atomic E-state index is 5.22. The second-order valence-electron chi connectivity index (χ2n) is 2.58. The van der Waals surface area contributed by atoms with E-state index in [1.807, 2.05) is 32.8 Å². The molecule has 0 aromatic rings. The van der Waals surface area contributed by atoms with E-state index in [-0.39, 0.29) is 0 Å². The Labute approximate surface area is 87.8 Å². The van der Waals surface area contributed by atoms with Crippen molar-refractivity contribution in [3.05, 3.63) is 25.1 Å². The highest BCUT2D eigenvalue weighted by molar-refractivity contribution is 5.75. The molecule has 0 heterocycles. The summed E-state index contributed by atoms with van der Waals surface area (Å²) in [6, 6.07) is 0. The molecule has 0 aliphatic rings. The van der Waals surface area contributed by atoms with Gasteiger partial charge < -0.3 is 9.64 Å². The highest BCUT2D eigenvalue weighted by Gasteiger charge is 1.91. The Kier molecular flexibility index (Phi) is 13.1. The van der Waals surface area contributed by atoms with Gasteiger partial charge in [0.2, 0.25) is 0 Å². The van der Waals surface area contributed by atoms with Crippen molar-refractivity contribution in [2.75, 3.05) is 27.2 Å². The summed E-state index contributed by atoms with van der Waals surface area (Å²) in [5.74, 6) is 0.566. The summed E-state index contributed by atoms with van der Waals surface area (Å²) in [6.07, 6.45) is 2.99. The molecule has 0 unspecified atom stereocenters. The van der Waals surface area contributed by atoms with Crippen molar-refractivity contribution in [2.24, 2.45) is 4.99 Å². The number of allylic oxidation sites excluding steroid dienone is 1.